The minimum atomic E-state index is 0.554. The summed E-state index contributed by atoms with van der Waals surface area (Å²) in [6.45, 7) is 0. The first-order valence-electron chi connectivity index (χ1n) is 7.08. The highest BCUT2D eigenvalue weighted by Crippen LogP contribution is 2.25. The Labute approximate surface area is 136 Å². The van der Waals surface area contributed by atoms with E-state index in [0.717, 1.165) is 21.8 Å². The molecule has 4 aromatic rings. The van der Waals surface area contributed by atoms with Gasteiger partial charge in [-0.25, -0.2) is 4.98 Å². The SMILES string of the molecule is Cn1c(SCc2nc(-c3cccnc3)no2)nc2ccccc21. The number of aryl methyl sites for hydroxylation is 1. The molecule has 0 radical (unpaired) electrons. The van der Waals surface area contributed by atoms with Crippen LogP contribution in [-0.2, 0) is 12.8 Å². The van der Waals surface area contributed by atoms with Crippen LogP contribution in [0.1, 0.15) is 5.89 Å². The van der Waals surface area contributed by atoms with E-state index >= 15 is 0 Å². The third kappa shape index (κ3) is 2.70. The van der Waals surface area contributed by atoms with Crippen LogP contribution in [0, 0.1) is 0 Å². The van der Waals surface area contributed by atoms with E-state index < -0.39 is 0 Å². The summed E-state index contributed by atoms with van der Waals surface area (Å²) in [6.07, 6.45) is 3.43. The Balaban J connectivity index is 1.53. The van der Waals surface area contributed by atoms with Crippen molar-refractivity contribution < 1.29 is 4.52 Å². The number of para-hydroxylation sites is 2. The predicted octanol–water partition coefficient (Wildman–Crippen LogP) is 3.31. The Morgan fingerprint density at radius 3 is 2.87 bits per heavy atom. The molecule has 3 aromatic heterocycles. The summed E-state index contributed by atoms with van der Waals surface area (Å²) in [7, 11) is 2.01. The van der Waals surface area contributed by atoms with Crippen molar-refractivity contribution >= 4 is 22.8 Å². The zero-order valence-electron chi connectivity index (χ0n) is 12.4. The van der Waals surface area contributed by atoms with Gasteiger partial charge in [0.15, 0.2) is 5.16 Å². The fraction of sp³-hybridized carbons (Fsp3) is 0.125. The Bertz CT molecular complexity index is 947. The smallest absolute Gasteiger partial charge is 0.237 e. The molecule has 0 N–H and O–H groups in total. The third-order valence-corrected chi connectivity index (χ3v) is 4.47. The van der Waals surface area contributed by atoms with Gasteiger partial charge in [0.2, 0.25) is 11.7 Å². The molecule has 0 bridgehead atoms. The van der Waals surface area contributed by atoms with Crippen LogP contribution in [0.15, 0.2) is 58.5 Å². The van der Waals surface area contributed by atoms with E-state index in [0.29, 0.717) is 17.5 Å². The van der Waals surface area contributed by atoms with E-state index in [9.17, 15) is 0 Å². The van der Waals surface area contributed by atoms with Gasteiger partial charge in [0.05, 0.1) is 16.8 Å². The Morgan fingerprint density at radius 2 is 2.04 bits per heavy atom. The van der Waals surface area contributed by atoms with Crippen LogP contribution in [0.4, 0.5) is 0 Å². The lowest BCUT2D eigenvalue weighted by molar-refractivity contribution is 0.391. The lowest BCUT2D eigenvalue weighted by atomic mass is 10.3. The molecule has 0 spiro atoms. The second-order valence-electron chi connectivity index (χ2n) is 4.98. The summed E-state index contributed by atoms with van der Waals surface area (Å²) in [5.41, 5.74) is 2.94. The number of hydrogen-bond donors (Lipinski definition) is 0. The zero-order chi connectivity index (χ0) is 15.6. The summed E-state index contributed by atoms with van der Waals surface area (Å²) in [5.74, 6) is 1.70. The van der Waals surface area contributed by atoms with Crippen molar-refractivity contribution in [3.63, 3.8) is 0 Å². The van der Waals surface area contributed by atoms with Crippen molar-refractivity contribution in [3.8, 4) is 11.4 Å². The molecular formula is C16H13N5OS. The normalized spacial score (nSPS) is 11.2. The maximum Gasteiger partial charge on any atom is 0.237 e. The fourth-order valence-corrected chi connectivity index (χ4v) is 3.13. The van der Waals surface area contributed by atoms with Crippen LogP contribution in [0.3, 0.4) is 0 Å². The van der Waals surface area contributed by atoms with Crippen molar-refractivity contribution in [1.82, 2.24) is 24.7 Å². The predicted molar refractivity (Wildman–Crippen MR) is 87.8 cm³/mol. The lowest BCUT2D eigenvalue weighted by Gasteiger charge is -1.99. The molecule has 0 fully saturated rings. The van der Waals surface area contributed by atoms with Crippen molar-refractivity contribution in [2.45, 2.75) is 10.9 Å². The van der Waals surface area contributed by atoms with E-state index in [1.165, 1.54) is 0 Å². The first kappa shape index (κ1) is 14.0. The van der Waals surface area contributed by atoms with Gasteiger partial charge in [-0.15, -0.1) is 0 Å². The lowest BCUT2D eigenvalue weighted by Crippen LogP contribution is -1.91. The number of fused-ring (bicyclic) bond motifs is 1. The molecule has 1 aromatic carbocycles. The third-order valence-electron chi connectivity index (χ3n) is 3.46. The fourth-order valence-electron chi connectivity index (χ4n) is 2.30. The van der Waals surface area contributed by atoms with Gasteiger partial charge >= 0.3 is 0 Å². The van der Waals surface area contributed by atoms with Crippen molar-refractivity contribution in [2.24, 2.45) is 7.05 Å². The second kappa shape index (κ2) is 5.85. The van der Waals surface area contributed by atoms with E-state index in [1.54, 1.807) is 24.2 Å². The number of hydrogen-bond acceptors (Lipinski definition) is 6. The van der Waals surface area contributed by atoms with Gasteiger partial charge in [-0.05, 0) is 24.3 Å². The van der Waals surface area contributed by atoms with Gasteiger partial charge in [-0.3, -0.25) is 4.98 Å². The average Bonchev–Trinajstić information content (AvgIpc) is 3.19. The number of benzene rings is 1. The number of rotatable bonds is 4. The van der Waals surface area contributed by atoms with Crippen LogP contribution in [0.5, 0.6) is 0 Å². The molecule has 0 amide bonds. The number of thioether (sulfide) groups is 1. The minimum Gasteiger partial charge on any atom is -0.338 e. The summed E-state index contributed by atoms with van der Waals surface area (Å²) >= 11 is 1.57. The molecule has 0 saturated heterocycles. The molecule has 0 aliphatic heterocycles. The zero-order valence-corrected chi connectivity index (χ0v) is 13.2. The number of aromatic nitrogens is 5. The van der Waals surface area contributed by atoms with Crippen LogP contribution in [-0.4, -0.2) is 24.7 Å². The van der Waals surface area contributed by atoms with Crippen LogP contribution in [0.2, 0.25) is 0 Å². The standard InChI is InChI=1S/C16H13N5OS/c1-21-13-7-3-2-6-12(13)18-16(21)23-10-14-19-15(20-22-14)11-5-4-8-17-9-11/h2-9H,10H2,1H3. The summed E-state index contributed by atoms with van der Waals surface area (Å²) in [6, 6.07) is 11.8. The molecule has 0 unspecified atom stereocenters. The molecule has 4 rings (SSSR count). The molecule has 23 heavy (non-hydrogen) atoms. The highest BCUT2D eigenvalue weighted by atomic mass is 32.2. The molecule has 114 valence electrons. The molecule has 0 aliphatic rings. The molecular weight excluding hydrogens is 310 g/mol. The molecule has 0 atom stereocenters. The van der Waals surface area contributed by atoms with Crippen molar-refractivity contribution in [2.75, 3.05) is 0 Å². The molecule has 0 saturated carbocycles. The topological polar surface area (TPSA) is 69.6 Å². The second-order valence-corrected chi connectivity index (χ2v) is 5.93. The summed E-state index contributed by atoms with van der Waals surface area (Å²) in [5, 5.41) is 4.92. The monoisotopic (exact) mass is 323 g/mol. The summed E-state index contributed by atoms with van der Waals surface area (Å²) < 4.78 is 7.38. The number of pyridine rings is 1. The molecule has 3 heterocycles. The van der Waals surface area contributed by atoms with Crippen molar-refractivity contribution in [3.05, 3.63) is 54.7 Å². The minimum absolute atomic E-state index is 0.554. The average molecular weight is 323 g/mol. The van der Waals surface area contributed by atoms with Gasteiger partial charge < -0.3 is 9.09 Å². The Kier molecular flexibility index (Phi) is 3.55. The van der Waals surface area contributed by atoms with Gasteiger partial charge in [-0.1, -0.05) is 29.1 Å². The van der Waals surface area contributed by atoms with E-state index in [2.05, 4.69) is 30.7 Å². The summed E-state index contributed by atoms with van der Waals surface area (Å²) in [4.78, 5) is 13.1. The first-order chi connectivity index (χ1) is 11.3. The van der Waals surface area contributed by atoms with E-state index in [4.69, 9.17) is 4.52 Å². The number of imidazole rings is 1. The molecule has 7 heteroatoms. The largest absolute Gasteiger partial charge is 0.338 e. The van der Waals surface area contributed by atoms with Crippen LogP contribution < -0.4 is 0 Å². The van der Waals surface area contributed by atoms with Crippen LogP contribution >= 0.6 is 11.8 Å². The van der Waals surface area contributed by atoms with Gasteiger partial charge in [-0.2, -0.15) is 4.98 Å². The molecule has 6 nitrogen and oxygen atoms in total. The maximum atomic E-state index is 5.31. The Morgan fingerprint density at radius 1 is 1.13 bits per heavy atom. The quantitative estimate of drug-likeness (QED) is 0.537. The van der Waals surface area contributed by atoms with Gasteiger partial charge in [0.25, 0.3) is 0 Å². The number of nitrogens with zero attached hydrogens (tertiary/aromatic N) is 5. The molecule has 0 aliphatic carbocycles. The highest BCUT2D eigenvalue weighted by Gasteiger charge is 2.12. The van der Waals surface area contributed by atoms with Crippen LogP contribution in [0.25, 0.3) is 22.4 Å². The first-order valence-corrected chi connectivity index (χ1v) is 8.07. The maximum absolute atomic E-state index is 5.31. The van der Waals surface area contributed by atoms with Crippen molar-refractivity contribution in [1.29, 1.82) is 0 Å². The van der Waals surface area contributed by atoms with Gasteiger partial charge in [0, 0.05) is 25.0 Å². The van der Waals surface area contributed by atoms with Gasteiger partial charge in [0.1, 0.15) is 0 Å². The Hall–Kier alpha value is -2.67. The van der Waals surface area contributed by atoms with E-state index in [1.807, 2.05) is 37.4 Å². The van der Waals surface area contributed by atoms with E-state index in [-0.39, 0.29) is 0 Å². The highest BCUT2D eigenvalue weighted by molar-refractivity contribution is 7.98.